The van der Waals surface area contributed by atoms with Crippen molar-refractivity contribution in [2.24, 2.45) is 0 Å². The molecule has 0 saturated heterocycles. The first kappa shape index (κ1) is 22.4. The van der Waals surface area contributed by atoms with Gasteiger partial charge in [-0.3, -0.25) is 25.0 Å². The van der Waals surface area contributed by atoms with Crippen LogP contribution in [0.5, 0.6) is 0 Å². The Morgan fingerprint density at radius 3 is 2.19 bits per heavy atom. The number of para-hydroxylation sites is 1. The van der Waals surface area contributed by atoms with E-state index < -0.39 is 31.5 Å². The van der Waals surface area contributed by atoms with Crippen LogP contribution in [0.15, 0.2) is 77.7 Å². The minimum absolute atomic E-state index is 0.0762. The third-order valence-electron chi connectivity index (χ3n) is 4.25. The number of non-ortho nitro benzene ring substituents is 2. The topological polar surface area (TPSA) is 159 Å². The van der Waals surface area contributed by atoms with Crippen LogP contribution < -0.4 is 4.72 Å². The summed E-state index contributed by atoms with van der Waals surface area (Å²) in [6, 6.07) is 15.6. The van der Waals surface area contributed by atoms with E-state index in [9.17, 15) is 33.4 Å². The fourth-order valence-corrected chi connectivity index (χ4v) is 3.78. The maximum atomic E-state index is 12.7. The summed E-state index contributed by atoms with van der Waals surface area (Å²) < 4.78 is 32.8. The maximum Gasteiger partial charge on any atom is 0.340 e. The van der Waals surface area contributed by atoms with Gasteiger partial charge < -0.3 is 4.74 Å². The molecule has 0 aliphatic rings. The molecule has 0 spiro atoms. The van der Waals surface area contributed by atoms with Gasteiger partial charge in [0.1, 0.15) is 6.61 Å². The van der Waals surface area contributed by atoms with E-state index in [-0.39, 0.29) is 28.4 Å². The number of esters is 1. The number of benzene rings is 3. The summed E-state index contributed by atoms with van der Waals surface area (Å²) in [7, 11) is -4.23. The number of carbonyl (C=O) groups is 1. The summed E-state index contributed by atoms with van der Waals surface area (Å²) in [5.41, 5.74) is -0.167. The first-order chi connectivity index (χ1) is 15.2. The monoisotopic (exact) mass is 457 g/mol. The first-order valence-electron chi connectivity index (χ1n) is 8.94. The zero-order valence-corrected chi connectivity index (χ0v) is 17.0. The van der Waals surface area contributed by atoms with Crippen LogP contribution in [0.4, 0.5) is 17.1 Å². The second-order valence-corrected chi connectivity index (χ2v) is 8.09. The van der Waals surface area contributed by atoms with Crippen LogP contribution in [-0.4, -0.2) is 24.2 Å². The van der Waals surface area contributed by atoms with Gasteiger partial charge in [-0.2, -0.15) is 0 Å². The minimum Gasteiger partial charge on any atom is -0.457 e. The normalized spacial score (nSPS) is 10.9. The fourth-order valence-electron chi connectivity index (χ4n) is 2.66. The van der Waals surface area contributed by atoms with E-state index in [1.165, 1.54) is 60.7 Å². The molecule has 0 aliphatic carbocycles. The smallest absolute Gasteiger partial charge is 0.340 e. The molecule has 11 nitrogen and oxygen atoms in total. The molecule has 3 aromatic carbocycles. The van der Waals surface area contributed by atoms with Gasteiger partial charge in [0.15, 0.2) is 0 Å². The summed E-state index contributed by atoms with van der Waals surface area (Å²) in [5, 5.41) is 21.6. The molecule has 12 heteroatoms. The van der Waals surface area contributed by atoms with Crippen LogP contribution in [-0.2, 0) is 21.4 Å². The van der Waals surface area contributed by atoms with E-state index in [0.717, 1.165) is 12.1 Å². The number of sulfonamides is 1. The van der Waals surface area contributed by atoms with Crippen molar-refractivity contribution in [2.45, 2.75) is 11.5 Å². The highest BCUT2D eigenvalue weighted by atomic mass is 32.2. The van der Waals surface area contributed by atoms with E-state index in [4.69, 9.17) is 4.74 Å². The van der Waals surface area contributed by atoms with Gasteiger partial charge in [0.25, 0.3) is 21.4 Å². The van der Waals surface area contributed by atoms with Gasteiger partial charge in [0, 0.05) is 24.3 Å². The number of nitrogens with one attached hydrogen (secondary N) is 1. The molecule has 1 N–H and O–H groups in total. The lowest BCUT2D eigenvalue weighted by atomic mass is 10.2. The molecule has 164 valence electrons. The van der Waals surface area contributed by atoms with Crippen molar-refractivity contribution in [2.75, 3.05) is 4.72 Å². The summed E-state index contributed by atoms with van der Waals surface area (Å²) in [6.07, 6.45) is 0. The molecule has 0 radical (unpaired) electrons. The number of rotatable bonds is 8. The predicted octanol–water partition coefficient (Wildman–Crippen LogP) is 3.66. The van der Waals surface area contributed by atoms with Gasteiger partial charge in [0.05, 0.1) is 26.0 Å². The Morgan fingerprint density at radius 1 is 0.875 bits per heavy atom. The molecular weight excluding hydrogens is 442 g/mol. The zero-order chi connectivity index (χ0) is 23.3. The molecule has 0 amide bonds. The molecule has 0 atom stereocenters. The Labute approximate surface area is 181 Å². The van der Waals surface area contributed by atoms with Gasteiger partial charge in [-0.05, 0) is 35.9 Å². The molecular formula is C20H15N3O8S. The highest BCUT2D eigenvalue weighted by Gasteiger charge is 2.21. The summed E-state index contributed by atoms with van der Waals surface area (Å²) in [6.45, 7) is -0.192. The number of nitro benzene ring substituents is 2. The Hall–Kier alpha value is -4.32. The summed E-state index contributed by atoms with van der Waals surface area (Å²) in [5.74, 6) is -0.833. The van der Waals surface area contributed by atoms with Crippen LogP contribution in [0, 0.1) is 20.2 Å². The average molecular weight is 457 g/mol. The third kappa shape index (κ3) is 5.23. The first-order valence-corrected chi connectivity index (χ1v) is 10.4. The summed E-state index contributed by atoms with van der Waals surface area (Å²) >= 11 is 0. The second-order valence-electron chi connectivity index (χ2n) is 6.41. The Morgan fingerprint density at radius 2 is 1.53 bits per heavy atom. The molecule has 0 bridgehead atoms. The third-order valence-corrected chi connectivity index (χ3v) is 5.61. The van der Waals surface area contributed by atoms with Gasteiger partial charge >= 0.3 is 5.97 Å². The van der Waals surface area contributed by atoms with Gasteiger partial charge in [0.2, 0.25) is 0 Å². The van der Waals surface area contributed by atoms with Crippen LogP contribution in [0.3, 0.4) is 0 Å². The van der Waals surface area contributed by atoms with Crippen molar-refractivity contribution in [3.8, 4) is 0 Å². The van der Waals surface area contributed by atoms with Crippen LogP contribution >= 0.6 is 0 Å². The molecule has 0 saturated carbocycles. The molecule has 32 heavy (non-hydrogen) atoms. The molecule has 3 rings (SSSR count). The SMILES string of the molecule is O=C(OCc1ccc([N+](=O)[O-])cc1)c1ccccc1NS(=O)(=O)c1cccc([N+](=O)[O-])c1. The van der Waals surface area contributed by atoms with Crippen molar-refractivity contribution in [1.29, 1.82) is 0 Å². The minimum atomic E-state index is -4.23. The summed E-state index contributed by atoms with van der Waals surface area (Å²) in [4.78, 5) is 32.5. The quantitative estimate of drug-likeness (QED) is 0.305. The lowest BCUT2D eigenvalue weighted by Gasteiger charge is -2.12. The van der Waals surface area contributed by atoms with Gasteiger partial charge in [-0.15, -0.1) is 0 Å². The molecule has 0 fully saturated rings. The average Bonchev–Trinajstić information content (AvgIpc) is 2.78. The molecule has 0 unspecified atom stereocenters. The van der Waals surface area contributed by atoms with Crippen molar-refractivity contribution in [3.63, 3.8) is 0 Å². The van der Waals surface area contributed by atoms with Crippen molar-refractivity contribution >= 4 is 33.1 Å². The van der Waals surface area contributed by atoms with E-state index in [1.54, 1.807) is 0 Å². The number of ether oxygens (including phenoxy) is 1. The lowest BCUT2D eigenvalue weighted by molar-refractivity contribution is -0.385. The van der Waals surface area contributed by atoms with E-state index in [0.29, 0.717) is 5.56 Å². The Bertz CT molecular complexity index is 1290. The number of anilines is 1. The number of nitrogens with zero attached hydrogens (tertiary/aromatic N) is 2. The van der Waals surface area contributed by atoms with Crippen LogP contribution in [0.1, 0.15) is 15.9 Å². The maximum absolute atomic E-state index is 12.7. The number of hydrogen-bond acceptors (Lipinski definition) is 8. The Balaban J connectivity index is 1.77. The molecule has 0 aromatic heterocycles. The molecule has 0 aliphatic heterocycles. The van der Waals surface area contributed by atoms with Crippen molar-refractivity contribution in [3.05, 3.63) is 104 Å². The number of nitro groups is 2. The highest BCUT2D eigenvalue weighted by Crippen LogP contribution is 2.23. The highest BCUT2D eigenvalue weighted by molar-refractivity contribution is 7.92. The lowest BCUT2D eigenvalue weighted by Crippen LogP contribution is -2.16. The number of carbonyl (C=O) groups excluding carboxylic acids is 1. The molecule has 3 aromatic rings. The Kier molecular flexibility index (Phi) is 6.45. The second kappa shape index (κ2) is 9.22. The standard InChI is InChI=1S/C20H15N3O8S/c24-20(31-13-14-8-10-15(11-9-14)22(25)26)18-6-1-2-7-19(18)21-32(29,30)17-5-3-4-16(12-17)23(27)28/h1-12,21H,13H2. The van der Waals surface area contributed by atoms with Crippen molar-refractivity contribution in [1.82, 2.24) is 0 Å². The van der Waals surface area contributed by atoms with Crippen LogP contribution in [0.25, 0.3) is 0 Å². The van der Waals surface area contributed by atoms with E-state index in [1.807, 2.05) is 0 Å². The van der Waals surface area contributed by atoms with Crippen molar-refractivity contribution < 1.29 is 27.8 Å². The predicted molar refractivity (Wildman–Crippen MR) is 113 cm³/mol. The fraction of sp³-hybridized carbons (Fsp3) is 0.0500. The van der Waals surface area contributed by atoms with Gasteiger partial charge in [-0.25, -0.2) is 13.2 Å². The number of hydrogen-bond donors (Lipinski definition) is 1. The van der Waals surface area contributed by atoms with Crippen LogP contribution in [0.2, 0.25) is 0 Å². The molecule has 0 heterocycles. The van der Waals surface area contributed by atoms with Gasteiger partial charge in [-0.1, -0.05) is 18.2 Å². The van der Waals surface area contributed by atoms with E-state index >= 15 is 0 Å². The van der Waals surface area contributed by atoms with E-state index in [2.05, 4.69) is 4.72 Å². The zero-order valence-electron chi connectivity index (χ0n) is 16.2. The largest absolute Gasteiger partial charge is 0.457 e.